The number of rotatable bonds is 4. The summed E-state index contributed by atoms with van der Waals surface area (Å²) in [6, 6.07) is 5.56. The molecule has 0 bridgehead atoms. The van der Waals surface area contributed by atoms with E-state index in [4.69, 9.17) is 23.8 Å². The van der Waals surface area contributed by atoms with E-state index < -0.39 is 11.9 Å². The van der Waals surface area contributed by atoms with Crippen LogP contribution < -0.4 is 9.47 Å². The summed E-state index contributed by atoms with van der Waals surface area (Å²) in [5, 5.41) is 4.14. The van der Waals surface area contributed by atoms with Gasteiger partial charge in [0.1, 0.15) is 0 Å². The number of oxime groups is 1. The molecule has 0 saturated carbocycles. The Balaban J connectivity index is 1.40. The van der Waals surface area contributed by atoms with Gasteiger partial charge in [0.2, 0.25) is 6.10 Å². The maximum absolute atomic E-state index is 12.8. The number of likely N-dealkylation sites (tertiary alicyclic amines) is 1. The number of carbonyl (C=O) groups is 1. The number of para-hydroxylation sites is 1. The highest BCUT2D eigenvalue weighted by molar-refractivity contribution is 6.06. The minimum absolute atomic E-state index is 0.0524. The Hall–Kier alpha value is -2.32. The first kappa shape index (κ1) is 18.1. The zero-order chi connectivity index (χ0) is 18.9. The molecule has 0 aliphatic carbocycles. The number of ether oxygens (including phenoxy) is 4. The number of carbonyl (C=O) groups excluding carboxylic acids is 1. The van der Waals surface area contributed by atoms with E-state index in [-0.39, 0.29) is 5.91 Å². The molecule has 0 aromatic heterocycles. The second-order valence-corrected chi connectivity index (χ2v) is 6.81. The van der Waals surface area contributed by atoms with Gasteiger partial charge in [-0.1, -0.05) is 11.2 Å². The van der Waals surface area contributed by atoms with E-state index in [2.05, 4.69) is 5.16 Å². The summed E-state index contributed by atoms with van der Waals surface area (Å²) in [5.74, 6) is 0.655. The van der Waals surface area contributed by atoms with Gasteiger partial charge >= 0.3 is 0 Å². The highest BCUT2D eigenvalue weighted by Gasteiger charge is 2.43. The Morgan fingerprint density at radius 1 is 1.19 bits per heavy atom. The largest absolute Gasteiger partial charge is 0.493 e. The molecule has 1 aromatic rings. The first-order chi connectivity index (χ1) is 13.2. The molecule has 1 spiro atoms. The van der Waals surface area contributed by atoms with E-state index >= 15 is 0 Å². The lowest BCUT2D eigenvalue weighted by atomic mass is 10.0. The van der Waals surface area contributed by atoms with Crippen molar-refractivity contribution in [3.63, 3.8) is 0 Å². The van der Waals surface area contributed by atoms with Gasteiger partial charge in [0, 0.05) is 37.9 Å². The molecule has 3 aliphatic heterocycles. The second-order valence-electron chi connectivity index (χ2n) is 6.81. The average Bonchev–Trinajstić information content (AvgIpc) is 3.37. The van der Waals surface area contributed by atoms with Crippen molar-refractivity contribution in [2.24, 2.45) is 5.16 Å². The van der Waals surface area contributed by atoms with Crippen LogP contribution >= 0.6 is 0 Å². The second kappa shape index (κ2) is 7.36. The van der Waals surface area contributed by atoms with Gasteiger partial charge < -0.3 is 28.7 Å². The van der Waals surface area contributed by atoms with Gasteiger partial charge in [-0.2, -0.15) is 0 Å². The van der Waals surface area contributed by atoms with E-state index in [9.17, 15) is 4.79 Å². The first-order valence-corrected chi connectivity index (χ1v) is 9.16. The van der Waals surface area contributed by atoms with Gasteiger partial charge in [-0.25, -0.2) is 0 Å². The Morgan fingerprint density at radius 3 is 2.59 bits per heavy atom. The molecule has 1 atom stereocenters. The summed E-state index contributed by atoms with van der Waals surface area (Å²) in [5.41, 5.74) is 1.46. The minimum atomic E-state index is -0.615. The van der Waals surface area contributed by atoms with Crippen LogP contribution in [0.3, 0.4) is 0 Å². The van der Waals surface area contributed by atoms with Crippen molar-refractivity contribution in [3.05, 3.63) is 23.8 Å². The maximum atomic E-state index is 12.8. The smallest absolute Gasteiger partial charge is 0.266 e. The predicted molar refractivity (Wildman–Crippen MR) is 96.0 cm³/mol. The van der Waals surface area contributed by atoms with Crippen LogP contribution in [-0.2, 0) is 19.1 Å². The van der Waals surface area contributed by atoms with E-state index in [1.807, 2.05) is 23.1 Å². The molecule has 0 radical (unpaired) electrons. The van der Waals surface area contributed by atoms with E-state index in [1.165, 1.54) is 0 Å². The van der Waals surface area contributed by atoms with Gasteiger partial charge in [0.25, 0.3) is 5.91 Å². The number of benzene rings is 1. The number of amides is 1. The van der Waals surface area contributed by atoms with Crippen molar-refractivity contribution in [2.45, 2.75) is 31.2 Å². The summed E-state index contributed by atoms with van der Waals surface area (Å²) >= 11 is 0. The quantitative estimate of drug-likeness (QED) is 0.794. The SMILES string of the molecule is COc1cccc(C2=NO[C@H](C(=O)N3CCC4(CC3)OCCO4)C2)c1OC. The summed E-state index contributed by atoms with van der Waals surface area (Å²) < 4.78 is 22.2. The van der Waals surface area contributed by atoms with Crippen LogP contribution in [0.15, 0.2) is 23.4 Å². The third-order valence-electron chi connectivity index (χ3n) is 5.31. The number of piperidine rings is 1. The van der Waals surface area contributed by atoms with Crippen LogP contribution in [-0.4, -0.2) is 68.9 Å². The fraction of sp³-hybridized carbons (Fsp3) is 0.579. The molecule has 8 heteroatoms. The molecule has 0 unspecified atom stereocenters. The summed E-state index contributed by atoms with van der Waals surface area (Å²) in [7, 11) is 3.17. The fourth-order valence-electron chi connectivity index (χ4n) is 3.84. The molecule has 1 aromatic carbocycles. The maximum Gasteiger partial charge on any atom is 0.266 e. The van der Waals surface area contributed by atoms with Crippen molar-refractivity contribution >= 4 is 11.6 Å². The first-order valence-electron chi connectivity index (χ1n) is 9.16. The van der Waals surface area contributed by atoms with Gasteiger partial charge in [-0.05, 0) is 12.1 Å². The molecular weight excluding hydrogens is 352 g/mol. The fourth-order valence-corrected chi connectivity index (χ4v) is 3.84. The van der Waals surface area contributed by atoms with Crippen molar-refractivity contribution in [3.8, 4) is 11.5 Å². The molecule has 3 heterocycles. The highest BCUT2D eigenvalue weighted by Crippen LogP contribution is 2.35. The molecule has 4 rings (SSSR count). The number of hydrogen-bond donors (Lipinski definition) is 0. The zero-order valence-electron chi connectivity index (χ0n) is 15.6. The zero-order valence-corrected chi connectivity index (χ0v) is 15.6. The molecule has 3 aliphatic rings. The molecule has 2 saturated heterocycles. The average molecular weight is 376 g/mol. The summed E-state index contributed by atoms with van der Waals surface area (Å²) in [6.45, 7) is 2.44. The summed E-state index contributed by atoms with van der Waals surface area (Å²) in [4.78, 5) is 20.1. The van der Waals surface area contributed by atoms with Crippen LogP contribution in [0.1, 0.15) is 24.8 Å². The number of hydrogen-bond acceptors (Lipinski definition) is 7. The monoisotopic (exact) mass is 376 g/mol. The van der Waals surface area contributed by atoms with Gasteiger partial charge in [0.05, 0.1) is 33.1 Å². The molecule has 0 N–H and O–H groups in total. The third-order valence-corrected chi connectivity index (χ3v) is 5.31. The van der Waals surface area contributed by atoms with E-state index in [0.29, 0.717) is 62.8 Å². The number of methoxy groups -OCH3 is 2. The molecule has 8 nitrogen and oxygen atoms in total. The molecule has 2 fully saturated rings. The van der Waals surface area contributed by atoms with Crippen molar-refractivity contribution in [2.75, 3.05) is 40.5 Å². The van der Waals surface area contributed by atoms with E-state index in [1.54, 1.807) is 14.2 Å². The lowest BCUT2D eigenvalue weighted by Gasteiger charge is -2.38. The Morgan fingerprint density at radius 2 is 1.93 bits per heavy atom. The minimum Gasteiger partial charge on any atom is -0.493 e. The number of nitrogens with zero attached hydrogens (tertiary/aromatic N) is 2. The van der Waals surface area contributed by atoms with E-state index in [0.717, 1.165) is 5.56 Å². The van der Waals surface area contributed by atoms with Crippen LogP contribution in [0, 0.1) is 0 Å². The molecular formula is C19H24N2O6. The molecule has 27 heavy (non-hydrogen) atoms. The van der Waals surface area contributed by atoms with Crippen LogP contribution in [0.4, 0.5) is 0 Å². The lowest BCUT2D eigenvalue weighted by molar-refractivity contribution is -0.189. The Kier molecular flexibility index (Phi) is 4.92. The summed E-state index contributed by atoms with van der Waals surface area (Å²) in [6.07, 6.45) is 1.15. The standard InChI is InChI=1S/C19H24N2O6/c1-23-15-5-3-4-13(17(15)24-2)14-12-16(27-20-14)18(22)21-8-6-19(7-9-21)25-10-11-26-19/h3-5,16H,6-12H2,1-2H3/t16-/m0/s1. The normalized spacial score (nSPS) is 23.9. The van der Waals surface area contributed by atoms with Crippen LogP contribution in [0.25, 0.3) is 0 Å². The van der Waals surface area contributed by atoms with Crippen molar-refractivity contribution < 1.29 is 28.6 Å². The predicted octanol–water partition coefficient (Wildman–Crippen LogP) is 1.56. The molecule has 146 valence electrons. The van der Waals surface area contributed by atoms with Crippen molar-refractivity contribution in [1.29, 1.82) is 0 Å². The van der Waals surface area contributed by atoms with Gasteiger partial charge in [-0.3, -0.25) is 4.79 Å². The van der Waals surface area contributed by atoms with Crippen LogP contribution in [0.2, 0.25) is 0 Å². The third kappa shape index (κ3) is 3.35. The van der Waals surface area contributed by atoms with Crippen LogP contribution in [0.5, 0.6) is 11.5 Å². The molecule has 1 amide bonds. The topological polar surface area (TPSA) is 78.8 Å². The van der Waals surface area contributed by atoms with Gasteiger partial charge in [0.15, 0.2) is 17.3 Å². The lowest BCUT2D eigenvalue weighted by Crippen LogP contribution is -2.50. The van der Waals surface area contributed by atoms with Crippen molar-refractivity contribution in [1.82, 2.24) is 4.90 Å². The Labute approximate surface area is 157 Å². The van der Waals surface area contributed by atoms with Gasteiger partial charge in [-0.15, -0.1) is 0 Å². The Bertz CT molecular complexity index is 734. The highest BCUT2D eigenvalue weighted by atomic mass is 16.7.